The van der Waals surface area contributed by atoms with E-state index in [2.05, 4.69) is 49.6 Å². The van der Waals surface area contributed by atoms with E-state index >= 15 is 4.39 Å². The molecular weight excluding hydrogens is 1930 g/mol. The third-order valence-electron chi connectivity index (χ3n) is 24.0. The lowest BCUT2D eigenvalue weighted by Crippen LogP contribution is -2.54. The van der Waals surface area contributed by atoms with E-state index in [1.54, 1.807) is 93.9 Å². The normalized spacial score (nSPS) is 15.0. The highest BCUT2D eigenvalue weighted by atomic mass is 35.5. The Balaban J connectivity index is 0.000000175. The van der Waals surface area contributed by atoms with Crippen LogP contribution in [0.5, 0.6) is 17.2 Å². The second kappa shape index (κ2) is 40.1. The number of rotatable bonds is 15. The number of benzene rings is 3. The molecule has 0 spiro atoms. The van der Waals surface area contributed by atoms with Crippen molar-refractivity contribution in [2.75, 3.05) is 73.6 Å². The summed E-state index contributed by atoms with van der Waals surface area (Å²) >= 11 is 37.8. The van der Waals surface area contributed by atoms with Gasteiger partial charge in [0.05, 0.1) is 110 Å². The van der Waals surface area contributed by atoms with E-state index in [0.717, 1.165) is 4.57 Å². The molecule has 3 N–H and O–H groups in total. The monoisotopic (exact) mass is 2010 g/mol. The van der Waals surface area contributed by atoms with E-state index in [-0.39, 0.29) is 194 Å². The molecule has 3 aliphatic rings. The molecule has 3 saturated heterocycles. The van der Waals surface area contributed by atoms with Gasteiger partial charge in [-0.1, -0.05) is 131 Å². The number of hydrogen-bond acceptors (Lipinski definition) is 21. The van der Waals surface area contributed by atoms with Gasteiger partial charge < -0.3 is 44.7 Å². The lowest BCUT2D eigenvalue weighted by atomic mass is 10.0. The number of halogens is 15. The van der Waals surface area contributed by atoms with Gasteiger partial charge in [0.25, 0.3) is 16.7 Å². The van der Waals surface area contributed by atoms with E-state index in [4.69, 9.17) is 69.6 Å². The fourth-order valence-electron chi connectivity index (χ4n) is 17.4. The van der Waals surface area contributed by atoms with Crippen LogP contribution in [-0.2, 0) is 14.4 Å². The number of carbonyl (C=O) groups excluding carboxylic acids is 3. The molecule has 12 aromatic rings. The van der Waals surface area contributed by atoms with Gasteiger partial charge in [-0.05, 0) is 131 Å². The number of piperazine rings is 3. The van der Waals surface area contributed by atoms with Crippen molar-refractivity contribution in [1.82, 2.24) is 58.3 Å². The Morgan fingerprint density at radius 3 is 0.906 bits per heavy atom. The Labute approximate surface area is 811 Å². The molecular formula is C96H81Cl6F9N18O9. The summed E-state index contributed by atoms with van der Waals surface area (Å²) in [5.41, 5.74) is -2.49. The average Bonchev–Trinajstić information content (AvgIpc) is 0.726. The Bertz CT molecular complexity index is 6790. The second-order valence-corrected chi connectivity index (χ2v) is 35.9. The Morgan fingerprint density at radius 1 is 0.399 bits per heavy atom. The first kappa shape index (κ1) is 102. The third kappa shape index (κ3) is 17.6. The number of fused-ring (bicyclic) bond motifs is 3. The van der Waals surface area contributed by atoms with E-state index in [1.165, 1.54) is 45.6 Å². The number of amides is 3. The van der Waals surface area contributed by atoms with Crippen LogP contribution >= 0.6 is 69.6 Å². The maximum Gasteiger partial charge on any atom is 0.276 e. The number of anilines is 3. The number of hydrogen-bond donors (Lipinski definition) is 3. The highest BCUT2D eigenvalue weighted by Crippen LogP contribution is 2.50. The van der Waals surface area contributed by atoms with Crippen molar-refractivity contribution in [3.8, 4) is 86.3 Å². The molecule has 138 heavy (non-hydrogen) atoms. The zero-order valence-corrected chi connectivity index (χ0v) is 79.9. The van der Waals surface area contributed by atoms with Crippen molar-refractivity contribution in [2.45, 2.75) is 119 Å². The first-order valence-electron chi connectivity index (χ1n) is 42.4. The number of aryl methyl sites for hydroxylation is 3. The molecule has 714 valence electrons. The largest absolute Gasteiger partial charge is 0.504 e. The van der Waals surface area contributed by atoms with Crippen LogP contribution in [0, 0.1) is 107 Å². The fraction of sp³-hybridized carbons (Fsp3) is 0.281. The summed E-state index contributed by atoms with van der Waals surface area (Å²) in [5.74, 6) is -22.0. The summed E-state index contributed by atoms with van der Waals surface area (Å²) in [5, 5.41) is 59.4. The van der Waals surface area contributed by atoms with Gasteiger partial charge in [0.1, 0.15) is 56.9 Å². The zero-order chi connectivity index (χ0) is 101. The molecule has 0 saturated carbocycles. The quantitative estimate of drug-likeness (QED) is 0.0371. The topological polar surface area (TPSA) is 346 Å². The van der Waals surface area contributed by atoms with Gasteiger partial charge in [-0.2, -0.15) is 29.0 Å². The van der Waals surface area contributed by atoms with Gasteiger partial charge in [-0.25, -0.2) is 41.3 Å². The van der Waals surface area contributed by atoms with Crippen LogP contribution < -0.4 is 31.4 Å². The first-order chi connectivity index (χ1) is 65.2. The summed E-state index contributed by atoms with van der Waals surface area (Å²) in [6.07, 6.45) is 8.33. The van der Waals surface area contributed by atoms with Crippen LogP contribution in [0.4, 0.5) is 56.6 Å². The van der Waals surface area contributed by atoms with Gasteiger partial charge >= 0.3 is 0 Å². The smallest absolute Gasteiger partial charge is 0.276 e. The molecule has 0 bridgehead atoms. The summed E-state index contributed by atoms with van der Waals surface area (Å²) in [7, 11) is 0. The molecule has 3 atom stereocenters. The zero-order valence-electron chi connectivity index (χ0n) is 75.4. The summed E-state index contributed by atoms with van der Waals surface area (Å²) in [6.45, 7) is 34.5. The summed E-state index contributed by atoms with van der Waals surface area (Å²) in [6, 6.07) is 14.0. The van der Waals surface area contributed by atoms with Crippen molar-refractivity contribution < 1.29 is 69.2 Å². The minimum Gasteiger partial charge on any atom is -0.504 e. The maximum atomic E-state index is 15.4. The molecule has 27 nitrogen and oxygen atoms in total. The maximum absolute atomic E-state index is 15.4. The molecule has 0 aliphatic carbocycles. The second-order valence-electron chi connectivity index (χ2n) is 33.6. The Hall–Kier alpha value is -13.8. The Kier molecular flexibility index (Phi) is 29.5. The number of carbonyl (C=O) groups is 3. The van der Waals surface area contributed by atoms with Crippen LogP contribution in [0.2, 0.25) is 30.1 Å². The molecule has 3 fully saturated rings. The molecule has 42 heteroatoms. The van der Waals surface area contributed by atoms with E-state index < -0.39 is 135 Å². The standard InChI is InChI=1S/3C32H27Cl2F3N6O3/c1-6-20(44)42-10-9-41(13-16(42)5)29-17-11-19(33)27(21-23(35)22(34)24(36)25(37)30(21)45)40-31(17)43(32(46)18(29)12-38)28-15(4)7-8-39-26(28)14(2)3;2*1-6-20(44)42-10-9-41(13-16(42)5)29-17-11-19(33)27(21-22(34)23(35)24(36)25(37)30(21)45)40-31(17)43(32(46)18(29)12-38)28-15(4)7-8-39-26(28)14(2)3/h3*6-8,11,14,16,45H,1,9-10,13H2,2-5H3/t3*16-/m111/s1. The van der Waals surface area contributed by atoms with Crippen molar-refractivity contribution in [2.24, 2.45) is 0 Å². The molecule has 3 aromatic carbocycles. The van der Waals surface area contributed by atoms with Crippen LogP contribution in [0.25, 0.3) is 83.9 Å². The van der Waals surface area contributed by atoms with Crippen molar-refractivity contribution in [1.29, 1.82) is 15.8 Å². The van der Waals surface area contributed by atoms with Crippen molar-refractivity contribution in [3.63, 3.8) is 0 Å². The van der Waals surface area contributed by atoms with Gasteiger partial charge in [-0.3, -0.25) is 57.4 Å². The number of pyridine rings is 9. The number of aromatic nitrogens is 9. The highest BCUT2D eigenvalue weighted by molar-refractivity contribution is 6.38. The van der Waals surface area contributed by atoms with E-state index in [1.807, 2.05) is 73.6 Å². The molecule has 0 unspecified atom stereocenters. The summed E-state index contributed by atoms with van der Waals surface area (Å²) < 4.78 is 134. The van der Waals surface area contributed by atoms with Gasteiger partial charge in [0, 0.05) is 112 Å². The molecule has 0 radical (unpaired) electrons. The minimum atomic E-state index is -1.99. The van der Waals surface area contributed by atoms with Crippen molar-refractivity contribution >= 4 is 137 Å². The van der Waals surface area contributed by atoms with Crippen LogP contribution in [0.1, 0.15) is 131 Å². The van der Waals surface area contributed by atoms with Crippen LogP contribution in [0.15, 0.2) is 107 Å². The predicted molar refractivity (Wildman–Crippen MR) is 508 cm³/mol. The summed E-state index contributed by atoms with van der Waals surface area (Å²) in [4.78, 5) is 118. The first-order valence-corrected chi connectivity index (χ1v) is 44.7. The predicted octanol–water partition coefficient (Wildman–Crippen LogP) is 19.2. The van der Waals surface area contributed by atoms with E-state index in [0.29, 0.717) is 50.8 Å². The molecule has 12 heterocycles. The third-order valence-corrected chi connectivity index (χ3v) is 25.9. The lowest BCUT2D eigenvalue weighted by molar-refractivity contribution is -0.129. The Morgan fingerprint density at radius 2 is 0.652 bits per heavy atom. The lowest BCUT2D eigenvalue weighted by Gasteiger charge is -2.41. The van der Waals surface area contributed by atoms with Crippen LogP contribution in [0.3, 0.4) is 0 Å². The SMILES string of the molecule is C=CC(=O)N1CCN(c2c(C#N)c(=O)n(-c3c(C)ccnc3C(C)C)c3nc(-c4c(O)c(F)c(F)c(Cl)c4F)c(Cl)cc23)C[C@H]1C.C=CC(=O)N1CCN(c2c(C#N)c(=O)n(-c3c(C)ccnc3C(C)C)c3nc(-c4c(O)c(F)c(F)c(F)c4Cl)c(Cl)cc23)C[C@H]1C.C=CC(=O)N1CCN(c2c(C#N)c(=O)n(-c3c(C)ccnc3C(C)C)c3nc(-c4c(O)c(F)c(F)c(F)c4Cl)c(Cl)cc23)C[C@H]1C. The molecule has 3 amide bonds. The van der Waals surface area contributed by atoms with Crippen molar-refractivity contribution in [3.05, 3.63) is 257 Å². The van der Waals surface area contributed by atoms with Gasteiger partial charge in [0.15, 0.2) is 52.2 Å². The average molecular weight is 2010 g/mol. The molecule has 9 aromatic heterocycles. The van der Waals surface area contributed by atoms with Gasteiger partial charge in [0.2, 0.25) is 35.2 Å². The number of nitrogens with zero attached hydrogens (tertiary/aromatic N) is 18. The van der Waals surface area contributed by atoms with Crippen LogP contribution in [-0.4, -0.2) is 168 Å². The highest BCUT2D eigenvalue weighted by Gasteiger charge is 2.40. The molecule has 3 aliphatic heterocycles. The molecule has 15 rings (SSSR count). The number of phenols is 3. The fourth-order valence-corrected chi connectivity index (χ4v) is 18.9. The van der Waals surface area contributed by atoms with Gasteiger partial charge in [-0.15, -0.1) is 0 Å². The number of phenolic OH excluding ortho intramolecular Hbond substituents is 3. The van der Waals surface area contributed by atoms with E-state index in [9.17, 15) is 95.0 Å². The number of nitriles is 3. The minimum absolute atomic E-state index is 0.103. The number of aromatic hydroxyl groups is 3.